The third-order valence-corrected chi connectivity index (χ3v) is 3.09. The van der Waals surface area contributed by atoms with Gasteiger partial charge in [0.1, 0.15) is 11.5 Å². The molecule has 116 valence electrons. The van der Waals surface area contributed by atoms with Crippen molar-refractivity contribution in [2.24, 2.45) is 0 Å². The minimum absolute atomic E-state index is 0.149. The Labute approximate surface area is 133 Å². The van der Waals surface area contributed by atoms with Gasteiger partial charge in [0.2, 0.25) is 0 Å². The van der Waals surface area contributed by atoms with Crippen LogP contribution >= 0.6 is 0 Å². The smallest absolute Gasteiger partial charge is 0.360 e. The van der Waals surface area contributed by atoms with E-state index in [1.54, 1.807) is 13.0 Å². The Morgan fingerprint density at radius 1 is 1.04 bits per heavy atom. The highest BCUT2D eigenvalue weighted by atomic mass is 16.5. The summed E-state index contributed by atoms with van der Waals surface area (Å²) in [7, 11) is 0. The molecule has 1 aromatic heterocycles. The van der Waals surface area contributed by atoms with Gasteiger partial charge in [0.05, 0.1) is 6.61 Å². The predicted octanol–water partition coefficient (Wildman–Crippen LogP) is 4.31. The summed E-state index contributed by atoms with van der Waals surface area (Å²) in [6.07, 6.45) is 0. The molecular formula is C18H15NO4. The molecule has 0 bridgehead atoms. The number of nitrogens with zero attached hydrogens (tertiary/aromatic N) is 1. The van der Waals surface area contributed by atoms with E-state index in [2.05, 4.69) is 5.16 Å². The van der Waals surface area contributed by atoms with Gasteiger partial charge in [-0.2, -0.15) is 0 Å². The number of para-hydroxylation sites is 1. The molecule has 0 N–H and O–H groups in total. The molecule has 0 fully saturated rings. The fourth-order valence-corrected chi connectivity index (χ4v) is 2.05. The Hall–Kier alpha value is -3.08. The van der Waals surface area contributed by atoms with Crippen LogP contribution in [-0.2, 0) is 4.74 Å². The van der Waals surface area contributed by atoms with Crippen molar-refractivity contribution in [2.45, 2.75) is 6.92 Å². The van der Waals surface area contributed by atoms with Crippen LogP contribution in [0.5, 0.6) is 11.5 Å². The quantitative estimate of drug-likeness (QED) is 0.657. The SMILES string of the molecule is CCOC(=O)c1cc(-c2cccc(Oc3ccccc3)c2)on1. The topological polar surface area (TPSA) is 61.6 Å². The fraction of sp³-hybridized carbons (Fsp3) is 0.111. The number of hydrogen-bond donors (Lipinski definition) is 0. The minimum atomic E-state index is -0.501. The Bertz CT molecular complexity index is 796. The van der Waals surface area contributed by atoms with Gasteiger partial charge in [-0.25, -0.2) is 4.79 Å². The lowest BCUT2D eigenvalue weighted by atomic mass is 10.1. The molecule has 0 radical (unpaired) electrons. The highest BCUT2D eigenvalue weighted by Gasteiger charge is 2.14. The second-order valence-corrected chi connectivity index (χ2v) is 4.74. The summed E-state index contributed by atoms with van der Waals surface area (Å²) >= 11 is 0. The summed E-state index contributed by atoms with van der Waals surface area (Å²) in [5.74, 6) is 1.39. The van der Waals surface area contributed by atoms with Crippen molar-refractivity contribution in [3.63, 3.8) is 0 Å². The number of aromatic nitrogens is 1. The Kier molecular flexibility index (Phi) is 4.38. The third-order valence-electron chi connectivity index (χ3n) is 3.09. The molecule has 1 heterocycles. The zero-order valence-electron chi connectivity index (χ0n) is 12.6. The van der Waals surface area contributed by atoms with Crippen molar-refractivity contribution >= 4 is 5.97 Å². The van der Waals surface area contributed by atoms with Crippen LogP contribution in [-0.4, -0.2) is 17.7 Å². The van der Waals surface area contributed by atoms with Crippen molar-refractivity contribution < 1.29 is 18.8 Å². The number of rotatable bonds is 5. The molecule has 0 atom stereocenters. The molecule has 5 nitrogen and oxygen atoms in total. The summed E-state index contributed by atoms with van der Waals surface area (Å²) in [4.78, 5) is 11.6. The van der Waals surface area contributed by atoms with Crippen LogP contribution < -0.4 is 4.74 Å². The van der Waals surface area contributed by atoms with Crippen molar-refractivity contribution in [1.82, 2.24) is 5.16 Å². The largest absolute Gasteiger partial charge is 0.461 e. The van der Waals surface area contributed by atoms with E-state index >= 15 is 0 Å². The van der Waals surface area contributed by atoms with Crippen LogP contribution in [0.15, 0.2) is 65.2 Å². The molecule has 0 saturated carbocycles. The van der Waals surface area contributed by atoms with Gasteiger partial charge in [-0.3, -0.25) is 0 Å². The molecule has 0 saturated heterocycles. The van der Waals surface area contributed by atoms with E-state index in [0.29, 0.717) is 18.1 Å². The van der Waals surface area contributed by atoms with Crippen LogP contribution in [0.25, 0.3) is 11.3 Å². The molecule has 5 heteroatoms. The number of hydrogen-bond acceptors (Lipinski definition) is 5. The van der Waals surface area contributed by atoms with Gasteiger partial charge in [-0.1, -0.05) is 35.5 Å². The van der Waals surface area contributed by atoms with E-state index in [0.717, 1.165) is 11.3 Å². The first-order valence-electron chi connectivity index (χ1n) is 7.23. The molecule has 3 rings (SSSR count). The van der Waals surface area contributed by atoms with Crippen LogP contribution in [0, 0.1) is 0 Å². The van der Waals surface area contributed by atoms with E-state index in [9.17, 15) is 4.79 Å². The van der Waals surface area contributed by atoms with Crippen molar-refractivity contribution in [3.05, 3.63) is 66.4 Å². The Balaban J connectivity index is 1.81. The molecule has 3 aromatic rings. The monoisotopic (exact) mass is 309 g/mol. The van der Waals surface area contributed by atoms with Gasteiger partial charge in [0.25, 0.3) is 0 Å². The van der Waals surface area contributed by atoms with Gasteiger partial charge >= 0.3 is 5.97 Å². The lowest BCUT2D eigenvalue weighted by Crippen LogP contribution is -2.04. The van der Waals surface area contributed by atoms with E-state index in [-0.39, 0.29) is 5.69 Å². The van der Waals surface area contributed by atoms with Crippen LogP contribution in [0.1, 0.15) is 17.4 Å². The molecule has 23 heavy (non-hydrogen) atoms. The van der Waals surface area contributed by atoms with Gasteiger partial charge < -0.3 is 14.0 Å². The highest BCUT2D eigenvalue weighted by molar-refractivity contribution is 5.88. The first-order chi connectivity index (χ1) is 11.3. The highest BCUT2D eigenvalue weighted by Crippen LogP contribution is 2.27. The fourth-order valence-electron chi connectivity index (χ4n) is 2.05. The maximum absolute atomic E-state index is 11.6. The molecule has 0 aliphatic rings. The number of carbonyl (C=O) groups is 1. The van der Waals surface area contributed by atoms with E-state index in [4.69, 9.17) is 14.0 Å². The van der Waals surface area contributed by atoms with Crippen molar-refractivity contribution in [3.8, 4) is 22.8 Å². The zero-order chi connectivity index (χ0) is 16.1. The number of carbonyl (C=O) groups excluding carboxylic acids is 1. The van der Waals surface area contributed by atoms with E-state index < -0.39 is 5.97 Å². The first-order valence-corrected chi connectivity index (χ1v) is 7.23. The molecular weight excluding hydrogens is 294 g/mol. The summed E-state index contributed by atoms with van der Waals surface area (Å²) in [6, 6.07) is 18.4. The van der Waals surface area contributed by atoms with Crippen molar-refractivity contribution in [2.75, 3.05) is 6.61 Å². The standard InChI is InChI=1S/C18H15NO4/c1-2-21-18(20)16-12-17(23-19-16)13-7-6-10-15(11-13)22-14-8-4-3-5-9-14/h3-12H,2H2,1H3. The zero-order valence-corrected chi connectivity index (χ0v) is 12.6. The molecule has 0 aliphatic carbocycles. The third kappa shape index (κ3) is 3.58. The van der Waals surface area contributed by atoms with Gasteiger partial charge in [-0.05, 0) is 31.2 Å². The second kappa shape index (κ2) is 6.79. The second-order valence-electron chi connectivity index (χ2n) is 4.74. The van der Waals surface area contributed by atoms with E-state index in [1.165, 1.54) is 0 Å². The Morgan fingerprint density at radius 2 is 1.83 bits per heavy atom. The minimum Gasteiger partial charge on any atom is -0.461 e. The number of ether oxygens (including phenoxy) is 2. The predicted molar refractivity (Wildman–Crippen MR) is 84.4 cm³/mol. The molecule has 2 aromatic carbocycles. The summed E-state index contributed by atoms with van der Waals surface area (Å²) < 4.78 is 15.9. The lowest BCUT2D eigenvalue weighted by molar-refractivity contribution is 0.0514. The average Bonchev–Trinajstić information content (AvgIpc) is 3.06. The van der Waals surface area contributed by atoms with Crippen LogP contribution in [0.3, 0.4) is 0 Å². The van der Waals surface area contributed by atoms with Crippen molar-refractivity contribution in [1.29, 1.82) is 0 Å². The molecule has 0 amide bonds. The van der Waals surface area contributed by atoms with Crippen LogP contribution in [0.4, 0.5) is 0 Å². The lowest BCUT2D eigenvalue weighted by Gasteiger charge is -2.06. The average molecular weight is 309 g/mol. The number of esters is 1. The molecule has 0 unspecified atom stereocenters. The molecule has 0 spiro atoms. The summed E-state index contributed by atoms with van der Waals surface area (Å²) in [5.41, 5.74) is 0.915. The van der Waals surface area contributed by atoms with Gasteiger partial charge in [0, 0.05) is 11.6 Å². The van der Waals surface area contributed by atoms with E-state index in [1.807, 2.05) is 54.6 Å². The van der Waals surface area contributed by atoms with Gasteiger partial charge in [-0.15, -0.1) is 0 Å². The van der Waals surface area contributed by atoms with Gasteiger partial charge in [0.15, 0.2) is 11.5 Å². The van der Waals surface area contributed by atoms with Crippen LogP contribution in [0.2, 0.25) is 0 Å². The summed E-state index contributed by atoms with van der Waals surface area (Å²) in [6.45, 7) is 2.03. The first kappa shape index (κ1) is 14.8. The maximum Gasteiger partial charge on any atom is 0.360 e. The molecule has 0 aliphatic heterocycles. The maximum atomic E-state index is 11.6. The summed E-state index contributed by atoms with van der Waals surface area (Å²) in [5, 5.41) is 3.73. The Morgan fingerprint density at radius 3 is 2.61 bits per heavy atom. The number of benzene rings is 2. The normalized spacial score (nSPS) is 10.3.